The Balaban J connectivity index is 2.07. The number of aliphatic hydroxyl groups is 1. The third-order valence-corrected chi connectivity index (χ3v) is 3.69. The highest BCUT2D eigenvalue weighted by Gasteiger charge is 2.21. The number of benzene rings is 1. The van der Waals surface area contributed by atoms with Gasteiger partial charge in [0.2, 0.25) is 0 Å². The largest absolute Gasteiger partial charge is 0.388 e. The van der Waals surface area contributed by atoms with E-state index in [0.29, 0.717) is 22.9 Å². The lowest BCUT2D eigenvalue weighted by Crippen LogP contribution is -2.05. The topological polar surface area (TPSA) is 20.2 Å². The smallest absolute Gasteiger partial charge is 0.123 e. The van der Waals surface area contributed by atoms with Crippen molar-refractivity contribution in [1.29, 1.82) is 0 Å². The van der Waals surface area contributed by atoms with Crippen LogP contribution in [0.25, 0.3) is 0 Å². The van der Waals surface area contributed by atoms with Crippen LogP contribution in [-0.2, 0) is 0 Å². The molecule has 1 fully saturated rings. The monoisotopic (exact) mass is 242 g/mol. The van der Waals surface area contributed by atoms with Gasteiger partial charge in [0, 0.05) is 10.6 Å². The van der Waals surface area contributed by atoms with E-state index in [1.807, 2.05) is 0 Å². The molecule has 0 bridgehead atoms. The van der Waals surface area contributed by atoms with E-state index in [0.717, 1.165) is 0 Å². The minimum atomic E-state index is -0.633. The zero-order chi connectivity index (χ0) is 11.5. The number of halogens is 2. The van der Waals surface area contributed by atoms with Crippen molar-refractivity contribution in [1.82, 2.24) is 0 Å². The third-order valence-electron chi connectivity index (χ3n) is 3.35. The van der Waals surface area contributed by atoms with Gasteiger partial charge in [-0.2, -0.15) is 0 Å². The van der Waals surface area contributed by atoms with Crippen molar-refractivity contribution in [2.24, 2.45) is 5.92 Å². The molecule has 2 rings (SSSR count). The van der Waals surface area contributed by atoms with Gasteiger partial charge in [-0.3, -0.25) is 0 Å². The number of hydrogen-bond acceptors (Lipinski definition) is 1. The molecular weight excluding hydrogens is 227 g/mol. The van der Waals surface area contributed by atoms with Crippen molar-refractivity contribution in [3.05, 3.63) is 34.6 Å². The Bertz CT molecular complexity index is 361. The molecule has 1 atom stereocenters. The Morgan fingerprint density at radius 2 is 2.06 bits per heavy atom. The van der Waals surface area contributed by atoms with E-state index in [9.17, 15) is 9.50 Å². The summed E-state index contributed by atoms with van der Waals surface area (Å²) in [6, 6.07) is 4.15. The average Bonchev–Trinajstić information content (AvgIpc) is 2.74. The fraction of sp³-hybridized carbons (Fsp3) is 0.538. The molecule has 0 amide bonds. The van der Waals surface area contributed by atoms with Crippen LogP contribution in [0.15, 0.2) is 18.2 Å². The van der Waals surface area contributed by atoms with E-state index in [-0.39, 0.29) is 5.82 Å². The molecule has 0 heterocycles. The van der Waals surface area contributed by atoms with Crippen LogP contribution in [-0.4, -0.2) is 5.11 Å². The first kappa shape index (κ1) is 11.9. The fourth-order valence-electron chi connectivity index (χ4n) is 2.46. The number of hydrogen-bond donors (Lipinski definition) is 1. The van der Waals surface area contributed by atoms with Crippen molar-refractivity contribution in [2.45, 2.75) is 38.2 Å². The summed E-state index contributed by atoms with van der Waals surface area (Å²) in [5.41, 5.74) is 0.522. The third kappa shape index (κ3) is 2.74. The summed E-state index contributed by atoms with van der Waals surface area (Å²) in [5, 5.41) is 10.5. The van der Waals surface area contributed by atoms with Gasteiger partial charge in [0.25, 0.3) is 0 Å². The Morgan fingerprint density at radius 1 is 1.38 bits per heavy atom. The van der Waals surface area contributed by atoms with Crippen LogP contribution < -0.4 is 0 Å². The molecule has 0 spiro atoms. The van der Waals surface area contributed by atoms with Gasteiger partial charge in [0.1, 0.15) is 5.82 Å². The molecule has 1 aromatic carbocycles. The summed E-state index contributed by atoms with van der Waals surface area (Å²) in [4.78, 5) is 0. The molecule has 0 radical (unpaired) electrons. The summed E-state index contributed by atoms with van der Waals surface area (Å²) in [6.45, 7) is 0. The minimum Gasteiger partial charge on any atom is -0.388 e. The maximum absolute atomic E-state index is 13.1. The van der Waals surface area contributed by atoms with E-state index in [1.54, 1.807) is 0 Å². The van der Waals surface area contributed by atoms with Crippen molar-refractivity contribution in [2.75, 3.05) is 0 Å². The molecule has 1 aliphatic rings. The average molecular weight is 243 g/mol. The highest BCUT2D eigenvalue weighted by molar-refractivity contribution is 6.31. The number of rotatable bonds is 3. The predicted molar refractivity (Wildman–Crippen MR) is 62.9 cm³/mol. The summed E-state index contributed by atoms with van der Waals surface area (Å²) < 4.78 is 13.1. The van der Waals surface area contributed by atoms with Crippen LogP contribution in [0.4, 0.5) is 4.39 Å². The molecule has 0 aromatic heterocycles. The van der Waals surface area contributed by atoms with Crippen molar-refractivity contribution in [3.8, 4) is 0 Å². The first-order valence-corrected chi connectivity index (χ1v) is 6.17. The van der Waals surface area contributed by atoms with Crippen molar-refractivity contribution in [3.63, 3.8) is 0 Å². The van der Waals surface area contributed by atoms with Gasteiger partial charge < -0.3 is 5.11 Å². The molecule has 1 aromatic rings. The van der Waals surface area contributed by atoms with Crippen molar-refractivity contribution >= 4 is 11.6 Å². The van der Waals surface area contributed by atoms with E-state index in [2.05, 4.69) is 0 Å². The molecular formula is C13H16ClFO. The highest BCUT2D eigenvalue weighted by atomic mass is 35.5. The normalized spacial score (nSPS) is 18.9. The van der Waals surface area contributed by atoms with E-state index >= 15 is 0 Å². The van der Waals surface area contributed by atoms with E-state index < -0.39 is 6.10 Å². The maximum Gasteiger partial charge on any atom is 0.123 e. The zero-order valence-corrected chi connectivity index (χ0v) is 9.88. The zero-order valence-electron chi connectivity index (χ0n) is 9.13. The van der Waals surface area contributed by atoms with Crippen LogP contribution >= 0.6 is 11.6 Å². The minimum absolute atomic E-state index is 0.343. The Labute approximate surface area is 100 Å². The molecule has 1 nitrogen and oxygen atoms in total. The van der Waals surface area contributed by atoms with Crippen LogP contribution in [0.3, 0.4) is 0 Å². The van der Waals surface area contributed by atoms with Crippen LogP contribution in [0.2, 0.25) is 5.02 Å². The van der Waals surface area contributed by atoms with Crippen LogP contribution in [0, 0.1) is 11.7 Å². The summed E-state index contributed by atoms with van der Waals surface area (Å²) in [5.74, 6) is 0.221. The summed E-state index contributed by atoms with van der Waals surface area (Å²) in [6.07, 6.45) is 4.89. The Hall–Kier alpha value is -0.600. The SMILES string of the molecule is OC(CC1CCCC1)c1cc(F)ccc1Cl. The molecule has 1 aliphatic carbocycles. The molecule has 3 heteroatoms. The second-order valence-electron chi connectivity index (χ2n) is 4.57. The first-order valence-electron chi connectivity index (χ1n) is 5.80. The van der Waals surface area contributed by atoms with Gasteiger partial charge in [0.15, 0.2) is 0 Å². The van der Waals surface area contributed by atoms with Gasteiger partial charge >= 0.3 is 0 Å². The fourth-order valence-corrected chi connectivity index (χ4v) is 2.70. The maximum atomic E-state index is 13.1. The summed E-state index contributed by atoms with van der Waals surface area (Å²) >= 11 is 5.95. The van der Waals surface area contributed by atoms with Crippen LogP contribution in [0.5, 0.6) is 0 Å². The Morgan fingerprint density at radius 3 is 2.75 bits per heavy atom. The van der Waals surface area contributed by atoms with Crippen molar-refractivity contribution < 1.29 is 9.50 Å². The first-order chi connectivity index (χ1) is 7.66. The second kappa shape index (κ2) is 5.15. The van der Waals surface area contributed by atoms with Gasteiger partial charge in [-0.15, -0.1) is 0 Å². The molecule has 88 valence electrons. The second-order valence-corrected chi connectivity index (χ2v) is 4.98. The molecule has 16 heavy (non-hydrogen) atoms. The predicted octanol–water partition coefficient (Wildman–Crippen LogP) is 4.09. The molecule has 0 aliphatic heterocycles. The van der Waals surface area contributed by atoms with E-state index in [1.165, 1.54) is 43.9 Å². The lowest BCUT2D eigenvalue weighted by molar-refractivity contribution is 0.144. The molecule has 1 unspecified atom stereocenters. The molecule has 1 saturated carbocycles. The number of aliphatic hydroxyl groups excluding tert-OH is 1. The quantitative estimate of drug-likeness (QED) is 0.846. The van der Waals surface area contributed by atoms with Gasteiger partial charge in [0.05, 0.1) is 6.10 Å². The highest BCUT2D eigenvalue weighted by Crippen LogP contribution is 2.35. The van der Waals surface area contributed by atoms with E-state index in [4.69, 9.17) is 11.6 Å². The standard InChI is InChI=1S/C13H16ClFO/c14-12-6-5-10(15)8-11(12)13(16)7-9-3-1-2-4-9/h5-6,8-9,13,16H,1-4,7H2. The molecule has 0 saturated heterocycles. The summed E-state index contributed by atoms with van der Waals surface area (Å²) in [7, 11) is 0. The lowest BCUT2D eigenvalue weighted by Gasteiger charge is -2.16. The van der Waals surface area contributed by atoms with Crippen LogP contribution in [0.1, 0.15) is 43.8 Å². The van der Waals surface area contributed by atoms with Gasteiger partial charge in [-0.1, -0.05) is 37.3 Å². The van der Waals surface area contributed by atoms with Gasteiger partial charge in [-0.05, 0) is 30.5 Å². The lowest BCUT2D eigenvalue weighted by atomic mass is 9.95. The molecule has 1 N–H and O–H groups in total. The van der Waals surface area contributed by atoms with Gasteiger partial charge in [-0.25, -0.2) is 4.39 Å². The Kier molecular flexibility index (Phi) is 3.82.